The highest BCUT2D eigenvalue weighted by molar-refractivity contribution is 6.42. The maximum absolute atomic E-state index is 14.6. The molecule has 2 heterocycles. The summed E-state index contributed by atoms with van der Waals surface area (Å²) in [6.07, 6.45) is 2.68. The molecule has 0 radical (unpaired) electrons. The van der Waals surface area contributed by atoms with E-state index in [0.717, 1.165) is 19.3 Å². The van der Waals surface area contributed by atoms with Gasteiger partial charge in [0.25, 0.3) is 0 Å². The molecule has 238 valence electrons. The van der Waals surface area contributed by atoms with Crippen molar-refractivity contribution in [2.75, 3.05) is 18.4 Å². The van der Waals surface area contributed by atoms with Gasteiger partial charge in [0.05, 0.1) is 15.7 Å². The first-order chi connectivity index (χ1) is 20.8. The summed E-state index contributed by atoms with van der Waals surface area (Å²) in [5.41, 5.74) is 6.41. The number of carbonyl (C=O) groups is 4. The van der Waals surface area contributed by atoms with Crippen LogP contribution in [0, 0.1) is 11.6 Å². The molecule has 2 aromatic rings. The summed E-state index contributed by atoms with van der Waals surface area (Å²) in [7, 11) is 0. The summed E-state index contributed by atoms with van der Waals surface area (Å²) in [6.45, 7) is 4.69. The van der Waals surface area contributed by atoms with Gasteiger partial charge in [-0.3, -0.25) is 19.2 Å². The maximum atomic E-state index is 14.6. The summed E-state index contributed by atoms with van der Waals surface area (Å²) in [4.78, 5) is 56.6. The molecule has 2 atom stereocenters. The zero-order valence-corrected chi connectivity index (χ0v) is 26.2. The van der Waals surface area contributed by atoms with Crippen LogP contribution in [0.1, 0.15) is 63.5 Å². The van der Waals surface area contributed by atoms with E-state index < -0.39 is 41.4 Å². The second-order valence-electron chi connectivity index (χ2n) is 11.8. The minimum Gasteiger partial charge on any atom is -0.342 e. The van der Waals surface area contributed by atoms with Crippen LogP contribution < -0.4 is 16.4 Å². The Labute approximate surface area is 265 Å². The van der Waals surface area contributed by atoms with Gasteiger partial charge in [0.1, 0.15) is 17.9 Å². The minimum atomic E-state index is -1.19. The first kappa shape index (κ1) is 33.6. The first-order valence-electron chi connectivity index (χ1n) is 14.6. The van der Waals surface area contributed by atoms with E-state index in [2.05, 4.69) is 10.6 Å². The van der Waals surface area contributed by atoms with E-state index in [9.17, 15) is 28.0 Å². The van der Waals surface area contributed by atoms with Gasteiger partial charge >= 0.3 is 0 Å². The van der Waals surface area contributed by atoms with Gasteiger partial charge in [-0.1, -0.05) is 29.3 Å². The molecule has 2 aromatic carbocycles. The van der Waals surface area contributed by atoms with Crippen LogP contribution in [0.5, 0.6) is 0 Å². The Kier molecular flexibility index (Phi) is 10.9. The summed E-state index contributed by atoms with van der Waals surface area (Å²) >= 11 is 11.7. The normalized spacial score (nSPS) is 18.3. The van der Waals surface area contributed by atoms with Crippen molar-refractivity contribution in [3.8, 4) is 0 Å². The van der Waals surface area contributed by atoms with E-state index in [-0.39, 0.29) is 66.0 Å². The summed E-state index contributed by atoms with van der Waals surface area (Å²) in [5, 5.41) is 4.63. The number of nitrogens with one attached hydrogen (secondary N) is 2. The van der Waals surface area contributed by atoms with Crippen LogP contribution in [0.2, 0.25) is 10.0 Å². The molecule has 44 heavy (non-hydrogen) atoms. The number of halogens is 4. The van der Waals surface area contributed by atoms with Crippen LogP contribution in [0.4, 0.5) is 14.5 Å². The van der Waals surface area contributed by atoms with Crippen molar-refractivity contribution in [1.29, 1.82) is 0 Å². The number of carbonyl (C=O) groups excluding carboxylic acids is 4. The number of nitrogens with two attached hydrogens (primary N) is 1. The van der Waals surface area contributed by atoms with E-state index in [0.29, 0.717) is 17.7 Å². The second kappa shape index (κ2) is 14.2. The largest absolute Gasteiger partial charge is 0.342 e. The summed E-state index contributed by atoms with van der Waals surface area (Å²) in [6, 6.07) is 4.45. The molecule has 4 amide bonds. The third kappa shape index (κ3) is 7.68. The molecule has 4 N–H and O–H groups in total. The van der Waals surface area contributed by atoms with Crippen LogP contribution in [-0.2, 0) is 32.1 Å². The van der Waals surface area contributed by atoms with Crippen LogP contribution in [-0.4, -0.2) is 64.1 Å². The smallest absolute Gasteiger partial charge is 0.247 e. The molecule has 1 fully saturated rings. The number of amides is 4. The van der Waals surface area contributed by atoms with Gasteiger partial charge in [-0.05, 0) is 81.5 Å². The monoisotopic (exact) mass is 651 g/mol. The third-order valence-electron chi connectivity index (χ3n) is 8.31. The standard InChI is InChI=1S/C31H37Cl2F2N5O4/c1-31(2)12-3-4-14-40(31)26(42)10-9-25(41)39-17-18-5-6-20(34)15-19(18)16-24(39)30(44)38-23(11-13-36)29(43)37-22-8-7-21(32)27(33)28(22)35/h5-8,15,23-24H,3-4,9-14,16-17,36H2,1-2H3,(H,37,43)(H,38,44). The fourth-order valence-corrected chi connectivity index (χ4v) is 6.12. The van der Waals surface area contributed by atoms with Crippen molar-refractivity contribution in [1.82, 2.24) is 15.1 Å². The van der Waals surface area contributed by atoms with Crippen molar-refractivity contribution >= 4 is 52.5 Å². The Morgan fingerprint density at radius 3 is 2.48 bits per heavy atom. The molecule has 1 saturated heterocycles. The lowest BCUT2D eigenvalue weighted by Crippen LogP contribution is -2.56. The molecule has 0 aromatic heterocycles. The van der Waals surface area contributed by atoms with E-state index in [1.807, 2.05) is 18.7 Å². The van der Waals surface area contributed by atoms with E-state index in [1.165, 1.54) is 29.2 Å². The Hall–Kier alpha value is -3.28. The van der Waals surface area contributed by atoms with Crippen LogP contribution in [0.3, 0.4) is 0 Å². The summed E-state index contributed by atoms with van der Waals surface area (Å²) in [5.74, 6) is -3.38. The number of nitrogens with zero attached hydrogens (tertiary/aromatic N) is 2. The molecular weight excluding hydrogens is 615 g/mol. The molecular formula is C31H37Cl2F2N5O4. The highest BCUT2D eigenvalue weighted by atomic mass is 35.5. The molecule has 2 aliphatic rings. The summed E-state index contributed by atoms with van der Waals surface area (Å²) < 4.78 is 28.7. The molecule has 0 saturated carbocycles. The van der Waals surface area contributed by atoms with Crippen LogP contribution >= 0.6 is 23.2 Å². The Balaban J connectivity index is 1.51. The molecule has 13 heteroatoms. The number of hydrogen-bond donors (Lipinski definition) is 3. The van der Waals surface area contributed by atoms with Crippen LogP contribution in [0.15, 0.2) is 30.3 Å². The Bertz CT molecular complexity index is 1440. The predicted octanol–water partition coefficient (Wildman–Crippen LogP) is 4.57. The van der Waals surface area contributed by atoms with Crippen molar-refractivity contribution in [3.05, 3.63) is 63.1 Å². The van der Waals surface area contributed by atoms with E-state index in [1.54, 1.807) is 6.07 Å². The number of piperidine rings is 1. The molecule has 9 nitrogen and oxygen atoms in total. The van der Waals surface area contributed by atoms with Crippen molar-refractivity contribution in [2.24, 2.45) is 5.73 Å². The predicted molar refractivity (Wildman–Crippen MR) is 164 cm³/mol. The number of hydrogen-bond acceptors (Lipinski definition) is 5. The fourth-order valence-electron chi connectivity index (χ4n) is 5.81. The number of fused-ring (bicyclic) bond motifs is 1. The fraction of sp³-hybridized carbons (Fsp3) is 0.484. The van der Waals surface area contributed by atoms with E-state index >= 15 is 0 Å². The number of rotatable bonds is 9. The number of likely N-dealkylation sites (tertiary alicyclic amines) is 1. The highest BCUT2D eigenvalue weighted by Crippen LogP contribution is 2.31. The highest BCUT2D eigenvalue weighted by Gasteiger charge is 2.38. The zero-order chi connectivity index (χ0) is 32.2. The van der Waals surface area contributed by atoms with Gasteiger partial charge in [-0.2, -0.15) is 0 Å². The molecule has 0 spiro atoms. The van der Waals surface area contributed by atoms with Gasteiger partial charge in [0, 0.05) is 37.9 Å². The van der Waals surface area contributed by atoms with Gasteiger partial charge in [-0.15, -0.1) is 0 Å². The van der Waals surface area contributed by atoms with Crippen molar-refractivity contribution in [2.45, 2.75) is 83.0 Å². The lowest BCUT2D eigenvalue weighted by atomic mass is 9.90. The number of benzene rings is 2. The minimum absolute atomic E-state index is 0.00382. The van der Waals surface area contributed by atoms with Gasteiger partial charge in [-0.25, -0.2) is 8.78 Å². The second-order valence-corrected chi connectivity index (χ2v) is 12.6. The first-order valence-corrected chi connectivity index (χ1v) is 15.4. The topological polar surface area (TPSA) is 125 Å². The molecule has 4 rings (SSSR count). The van der Waals surface area contributed by atoms with Gasteiger partial charge < -0.3 is 26.2 Å². The Morgan fingerprint density at radius 2 is 1.77 bits per heavy atom. The van der Waals surface area contributed by atoms with E-state index in [4.69, 9.17) is 28.9 Å². The average Bonchev–Trinajstić information content (AvgIpc) is 2.98. The van der Waals surface area contributed by atoms with Gasteiger partial charge in [0.15, 0.2) is 5.82 Å². The lowest BCUT2D eigenvalue weighted by molar-refractivity contribution is -0.145. The van der Waals surface area contributed by atoms with Gasteiger partial charge in [0.2, 0.25) is 23.6 Å². The van der Waals surface area contributed by atoms with Crippen molar-refractivity contribution in [3.63, 3.8) is 0 Å². The Morgan fingerprint density at radius 1 is 1.05 bits per heavy atom. The number of anilines is 1. The third-order valence-corrected chi connectivity index (χ3v) is 9.09. The zero-order valence-electron chi connectivity index (χ0n) is 24.7. The van der Waals surface area contributed by atoms with Crippen molar-refractivity contribution < 1.29 is 28.0 Å². The van der Waals surface area contributed by atoms with Crippen LogP contribution in [0.25, 0.3) is 0 Å². The molecule has 0 bridgehead atoms. The maximum Gasteiger partial charge on any atom is 0.247 e. The molecule has 2 aliphatic heterocycles. The molecule has 2 unspecified atom stereocenters. The quantitative estimate of drug-likeness (QED) is 0.343. The lowest BCUT2D eigenvalue weighted by Gasteiger charge is -2.42. The average molecular weight is 653 g/mol. The SMILES string of the molecule is CC1(C)CCCCN1C(=O)CCC(=O)N1Cc2ccc(F)cc2CC1C(=O)NC(CCN)C(=O)Nc1ccc(Cl)c(Cl)c1F. The molecule has 0 aliphatic carbocycles.